The standard InChI is InChI=1S/C18H27BrN2O5/c1-22-13-26-15-12-21(17-6-4-5-16(19)20-17)11-14(15)23-9-10-25-18-7-2-3-8-24-18/h4-6,14-15,18H,2-3,7-13H2,1H3. The van der Waals surface area contributed by atoms with Gasteiger partial charge in [-0.3, -0.25) is 0 Å². The SMILES string of the molecule is COCOC1CN(c2cccc(Br)n2)CC1OCCOC1CCCCO1. The summed E-state index contributed by atoms with van der Waals surface area (Å²) in [7, 11) is 1.62. The summed E-state index contributed by atoms with van der Waals surface area (Å²) in [5.41, 5.74) is 0. The van der Waals surface area contributed by atoms with Gasteiger partial charge in [-0.15, -0.1) is 0 Å². The number of aromatic nitrogens is 1. The average molecular weight is 431 g/mol. The van der Waals surface area contributed by atoms with E-state index in [4.69, 9.17) is 23.7 Å². The number of pyridine rings is 1. The van der Waals surface area contributed by atoms with Gasteiger partial charge in [0.05, 0.1) is 13.2 Å². The third kappa shape index (κ3) is 5.87. The van der Waals surface area contributed by atoms with E-state index in [0.717, 1.165) is 42.8 Å². The van der Waals surface area contributed by atoms with E-state index < -0.39 is 0 Å². The van der Waals surface area contributed by atoms with E-state index in [0.29, 0.717) is 19.8 Å². The third-order valence-electron chi connectivity index (χ3n) is 4.50. The topological polar surface area (TPSA) is 62.3 Å². The number of ether oxygens (including phenoxy) is 5. The van der Waals surface area contributed by atoms with Crippen LogP contribution in [0.1, 0.15) is 19.3 Å². The van der Waals surface area contributed by atoms with Gasteiger partial charge in [-0.2, -0.15) is 0 Å². The molecule has 0 N–H and O–H groups in total. The molecule has 2 aliphatic heterocycles. The largest absolute Gasteiger partial charge is 0.371 e. The Bertz CT molecular complexity index is 544. The van der Waals surface area contributed by atoms with E-state index in [1.54, 1.807) is 7.11 Å². The monoisotopic (exact) mass is 430 g/mol. The van der Waals surface area contributed by atoms with Crippen LogP contribution in [0.15, 0.2) is 22.8 Å². The molecule has 1 aromatic rings. The second kappa shape index (κ2) is 10.5. The summed E-state index contributed by atoms with van der Waals surface area (Å²) in [4.78, 5) is 6.69. The summed E-state index contributed by atoms with van der Waals surface area (Å²) in [5, 5.41) is 0. The molecule has 8 heteroatoms. The molecule has 2 aliphatic rings. The van der Waals surface area contributed by atoms with E-state index in [1.165, 1.54) is 0 Å². The second-order valence-electron chi connectivity index (χ2n) is 6.41. The van der Waals surface area contributed by atoms with Crippen molar-refractivity contribution in [3.05, 3.63) is 22.8 Å². The number of hydrogen-bond donors (Lipinski definition) is 0. The maximum atomic E-state index is 6.04. The van der Waals surface area contributed by atoms with E-state index >= 15 is 0 Å². The molecule has 2 saturated heterocycles. The lowest BCUT2D eigenvalue weighted by Gasteiger charge is -2.23. The van der Waals surface area contributed by atoms with Crippen LogP contribution in [0.3, 0.4) is 0 Å². The maximum absolute atomic E-state index is 6.04. The highest BCUT2D eigenvalue weighted by Gasteiger charge is 2.35. The molecule has 3 heterocycles. The van der Waals surface area contributed by atoms with Gasteiger partial charge in [-0.1, -0.05) is 6.07 Å². The zero-order chi connectivity index (χ0) is 18.2. The van der Waals surface area contributed by atoms with Gasteiger partial charge in [-0.05, 0) is 47.3 Å². The van der Waals surface area contributed by atoms with Gasteiger partial charge in [0.2, 0.25) is 0 Å². The highest BCUT2D eigenvalue weighted by atomic mass is 79.9. The lowest BCUT2D eigenvalue weighted by molar-refractivity contribution is -0.175. The quantitative estimate of drug-likeness (QED) is 0.338. The van der Waals surface area contributed by atoms with Crippen molar-refractivity contribution in [2.45, 2.75) is 37.8 Å². The van der Waals surface area contributed by atoms with Crippen LogP contribution in [0.25, 0.3) is 0 Å². The van der Waals surface area contributed by atoms with Crippen molar-refractivity contribution >= 4 is 21.7 Å². The van der Waals surface area contributed by atoms with Gasteiger partial charge < -0.3 is 28.6 Å². The van der Waals surface area contributed by atoms with Crippen molar-refractivity contribution in [1.29, 1.82) is 0 Å². The Hall–Kier alpha value is -0.770. The summed E-state index contributed by atoms with van der Waals surface area (Å²) >= 11 is 3.42. The Morgan fingerprint density at radius 2 is 1.96 bits per heavy atom. The fourth-order valence-corrected chi connectivity index (χ4v) is 3.54. The van der Waals surface area contributed by atoms with Crippen LogP contribution < -0.4 is 4.90 Å². The van der Waals surface area contributed by atoms with Crippen LogP contribution in [0.5, 0.6) is 0 Å². The van der Waals surface area contributed by atoms with Gasteiger partial charge in [0.1, 0.15) is 29.4 Å². The lowest BCUT2D eigenvalue weighted by atomic mass is 10.2. The molecule has 2 fully saturated rings. The van der Waals surface area contributed by atoms with Crippen LogP contribution in [0.2, 0.25) is 0 Å². The highest BCUT2D eigenvalue weighted by Crippen LogP contribution is 2.24. The molecule has 0 amide bonds. The number of rotatable bonds is 9. The number of methoxy groups -OCH3 is 1. The molecule has 1 aromatic heterocycles. The zero-order valence-electron chi connectivity index (χ0n) is 15.1. The molecule has 3 rings (SSSR count). The van der Waals surface area contributed by atoms with Crippen LogP contribution in [0.4, 0.5) is 5.82 Å². The first kappa shape index (κ1) is 20.0. The van der Waals surface area contributed by atoms with Gasteiger partial charge in [0.25, 0.3) is 0 Å². The van der Waals surface area contributed by atoms with Crippen LogP contribution in [-0.4, -0.2) is 70.3 Å². The van der Waals surface area contributed by atoms with Gasteiger partial charge in [0, 0.05) is 26.8 Å². The van der Waals surface area contributed by atoms with E-state index in [1.807, 2.05) is 18.2 Å². The Morgan fingerprint density at radius 1 is 1.15 bits per heavy atom. The molecule has 0 aromatic carbocycles. The van der Waals surface area contributed by atoms with Crippen molar-refractivity contribution in [2.75, 3.05) is 51.7 Å². The minimum absolute atomic E-state index is 0.0539. The molecule has 0 spiro atoms. The second-order valence-corrected chi connectivity index (χ2v) is 7.22. The number of nitrogens with zero attached hydrogens (tertiary/aromatic N) is 2. The van der Waals surface area contributed by atoms with Gasteiger partial charge >= 0.3 is 0 Å². The Kier molecular flexibility index (Phi) is 8.09. The van der Waals surface area contributed by atoms with Crippen LogP contribution in [0, 0.1) is 0 Å². The first-order chi connectivity index (χ1) is 12.8. The number of halogens is 1. The van der Waals surface area contributed by atoms with E-state index in [-0.39, 0.29) is 25.3 Å². The molecule has 0 bridgehead atoms. The van der Waals surface area contributed by atoms with Crippen molar-refractivity contribution in [3.8, 4) is 0 Å². The molecule has 0 radical (unpaired) electrons. The summed E-state index contributed by atoms with van der Waals surface area (Å²) in [6.07, 6.45) is 3.04. The molecular formula is C18H27BrN2O5. The third-order valence-corrected chi connectivity index (χ3v) is 4.94. The molecule has 26 heavy (non-hydrogen) atoms. The summed E-state index contributed by atoms with van der Waals surface area (Å²) < 4.78 is 29.0. The first-order valence-corrected chi connectivity index (χ1v) is 9.88. The molecule has 3 unspecified atom stereocenters. The Morgan fingerprint density at radius 3 is 2.69 bits per heavy atom. The van der Waals surface area contributed by atoms with Gasteiger partial charge in [-0.25, -0.2) is 4.98 Å². The van der Waals surface area contributed by atoms with Crippen molar-refractivity contribution < 1.29 is 23.7 Å². The predicted octanol–water partition coefficient (Wildman–Crippen LogP) is 2.58. The highest BCUT2D eigenvalue weighted by molar-refractivity contribution is 9.10. The zero-order valence-corrected chi connectivity index (χ0v) is 16.7. The maximum Gasteiger partial charge on any atom is 0.157 e. The fourth-order valence-electron chi connectivity index (χ4n) is 3.20. The average Bonchev–Trinajstić information content (AvgIpc) is 3.07. The fraction of sp³-hybridized carbons (Fsp3) is 0.722. The Labute approximate surface area is 163 Å². The minimum atomic E-state index is -0.0844. The molecule has 0 saturated carbocycles. The number of hydrogen-bond acceptors (Lipinski definition) is 7. The van der Waals surface area contributed by atoms with Gasteiger partial charge in [0.15, 0.2) is 6.29 Å². The molecular weight excluding hydrogens is 404 g/mol. The molecule has 7 nitrogen and oxygen atoms in total. The molecule has 3 atom stereocenters. The van der Waals surface area contributed by atoms with E-state index in [9.17, 15) is 0 Å². The minimum Gasteiger partial charge on any atom is -0.371 e. The molecule has 0 aliphatic carbocycles. The summed E-state index contributed by atoms with van der Waals surface area (Å²) in [6, 6.07) is 5.88. The van der Waals surface area contributed by atoms with Crippen molar-refractivity contribution in [2.24, 2.45) is 0 Å². The smallest absolute Gasteiger partial charge is 0.157 e. The predicted molar refractivity (Wildman–Crippen MR) is 100 cm³/mol. The summed E-state index contributed by atoms with van der Waals surface area (Å²) in [5.74, 6) is 0.906. The van der Waals surface area contributed by atoms with Crippen LogP contribution >= 0.6 is 15.9 Å². The van der Waals surface area contributed by atoms with Crippen molar-refractivity contribution in [1.82, 2.24) is 4.98 Å². The Balaban J connectivity index is 1.48. The van der Waals surface area contributed by atoms with E-state index in [2.05, 4.69) is 25.8 Å². The lowest BCUT2D eigenvalue weighted by Crippen LogP contribution is -2.32. The summed E-state index contributed by atoms with van der Waals surface area (Å²) in [6.45, 7) is 3.50. The normalized spacial score (nSPS) is 26.4. The van der Waals surface area contributed by atoms with Crippen LogP contribution in [-0.2, 0) is 23.7 Å². The van der Waals surface area contributed by atoms with Crippen molar-refractivity contribution in [3.63, 3.8) is 0 Å². The number of anilines is 1. The first-order valence-electron chi connectivity index (χ1n) is 9.09. The molecule has 146 valence electrons.